The van der Waals surface area contributed by atoms with Crippen LogP contribution >= 0.6 is 0 Å². The van der Waals surface area contributed by atoms with E-state index in [1.54, 1.807) is 0 Å². The monoisotopic (exact) mass is 617 g/mol. The van der Waals surface area contributed by atoms with Crippen molar-refractivity contribution >= 4 is 17.7 Å². The van der Waals surface area contributed by atoms with E-state index in [2.05, 4.69) is 10.3 Å². The van der Waals surface area contributed by atoms with E-state index < -0.39 is 64.9 Å². The molecule has 3 atom stereocenters. The van der Waals surface area contributed by atoms with Crippen LogP contribution in [0.4, 0.5) is 28.0 Å². The minimum atomic E-state index is -1.21. The van der Waals surface area contributed by atoms with E-state index in [0.717, 1.165) is 23.2 Å². The number of carboxylic acid groups (broad SMARTS) is 1. The van der Waals surface area contributed by atoms with Crippen molar-refractivity contribution in [1.29, 1.82) is 0 Å². The minimum absolute atomic E-state index is 0.0367. The zero-order valence-electron chi connectivity index (χ0n) is 24.6. The SMILES string of the molecule is CC(C)(C)C1(CCc2c(F)cncc2NC(=O)C[C@@H](c2ccc(F)cc2)c2cc(F)cc(F)c2)CN(C(=O)O)C(CO)CO1. The van der Waals surface area contributed by atoms with Gasteiger partial charge in [-0.1, -0.05) is 32.9 Å². The van der Waals surface area contributed by atoms with Gasteiger partial charge in [0, 0.05) is 24.0 Å². The van der Waals surface area contributed by atoms with Crippen molar-refractivity contribution in [1.82, 2.24) is 9.88 Å². The van der Waals surface area contributed by atoms with E-state index >= 15 is 4.39 Å². The number of nitrogens with one attached hydrogen (secondary N) is 1. The number of ether oxygens (including phenoxy) is 1. The molecule has 2 heterocycles. The molecule has 1 fully saturated rings. The first-order valence-corrected chi connectivity index (χ1v) is 14.1. The topological polar surface area (TPSA) is 112 Å². The lowest BCUT2D eigenvalue weighted by Crippen LogP contribution is -2.63. The highest BCUT2D eigenvalue weighted by Gasteiger charge is 2.49. The highest BCUT2D eigenvalue weighted by atomic mass is 19.1. The lowest BCUT2D eigenvalue weighted by atomic mass is 9.71. The number of hydrogen-bond donors (Lipinski definition) is 3. The molecule has 0 spiro atoms. The van der Waals surface area contributed by atoms with Crippen molar-refractivity contribution < 1.29 is 42.1 Å². The minimum Gasteiger partial charge on any atom is -0.465 e. The van der Waals surface area contributed by atoms with Gasteiger partial charge in [-0.3, -0.25) is 14.7 Å². The molecule has 44 heavy (non-hydrogen) atoms. The Hall–Kier alpha value is -4.03. The molecule has 1 aromatic heterocycles. The van der Waals surface area contributed by atoms with E-state index in [0.29, 0.717) is 11.6 Å². The van der Waals surface area contributed by atoms with Crippen LogP contribution in [0.5, 0.6) is 0 Å². The predicted octanol–water partition coefficient (Wildman–Crippen LogP) is 5.89. The van der Waals surface area contributed by atoms with Gasteiger partial charge >= 0.3 is 6.09 Å². The summed E-state index contributed by atoms with van der Waals surface area (Å²) in [5, 5.41) is 22.1. The second-order valence-corrected chi connectivity index (χ2v) is 12.0. The number of amides is 2. The molecule has 0 saturated carbocycles. The number of benzene rings is 2. The van der Waals surface area contributed by atoms with Crippen LogP contribution < -0.4 is 5.32 Å². The van der Waals surface area contributed by atoms with Crippen molar-refractivity contribution in [3.8, 4) is 0 Å². The average Bonchev–Trinajstić information content (AvgIpc) is 2.95. The number of rotatable bonds is 9. The van der Waals surface area contributed by atoms with Crippen LogP contribution in [0.25, 0.3) is 0 Å². The Morgan fingerprint density at radius 3 is 2.30 bits per heavy atom. The number of morpholine rings is 1. The van der Waals surface area contributed by atoms with Crippen molar-refractivity contribution in [3.63, 3.8) is 0 Å². The molecule has 2 aromatic carbocycles. The van der Waals surface area contributed by atoms with Gasteiger partial charge in [0.2, 0.25) is 5.91 Å². The Labute approximate surface area is 252 Å². The number of carbonyl (C=O) groups excluding carboxylic acids is 1. The maximum atomic E-state index is 15.2. The van der Waals surface area contributed by atoms with Crippen molar-refractivity contribution in [2.24, 2.45) is 5.41 Å². The lowest BCUT2D eigenvalue weighted by molar-refractivity contribution is -0.184. The first-order valence-electron chi connectivity index (χ1n) is 14.1. The van der Waals surface area contributed by atoms with Crippen LogP contribution in [-0.4, -0.2) is 63.5 Å². The molecular formula is C32H35F4N3O5. The Morgan fingerprint density at radius 1 is 1.05 bits per heavy atom. The van der Waals surface area contributed by atoms with E-state index in [9.17, 15) is 33.0 Å². The summed E-state index contributed by atoms with van der Waals surface area (Å²) in [4.78, 5) is 30.3. The Bertz CT molecular complexity index is 1480. The zero-order chi connectivity index (χ0) is 32.2. The molecule has 4 rings (SSSR count). The van der Waals surface area contributed by atoms with Crippen LogP contribution in [0.15, 0.2) is 54.9 Å². The lowest BCUT2D eigenvalue weighted by Gasteiger charge is -2.52. The van der Waals surface area contributed by atoms with Crippen molar-refractivity contribution in [2.45, 2.75) is 57.6 Å². The fraction of sp³-hybridized carbons (Fsp3) is 0.406. The van der Waals surface area contributed by atoms with Gasteiger partial charge in [0.1, 0.15) is 23.3 Å². The standard InChI is InChI=1S/C32H35F4N3O5/c1-31(2,3)32(18-39(30(42)43)24(16-40)17-44-32)9-8-25-27(36)14-37-15-28(25)38-29(41)13-26(19-4-6-21(33)7-5-19)20-10-22(34)12-23(35)11-20/h4-7,10-12,14-15,24,26,40H,8-9,13,16-18H2,1-3H3,(H,38,41)(H,42,43)/t24?,26-,32?/m0/s1. The number of carbonyl (C=O) groups is 2. The molecule has 12 heteroatoms. The molecule has 0 bridgehead atoms. The Kier molecular flexibility index (Phi) is 9.94. The normalized spacial score (nSPS) is 19.5. The van der Waals surface area contributed by atoms with Gasteiger partial charge in [-0.25, -0.2) is 22.4 Å². The van der Waals surface area contributed by atoms with Crippen LogP contribution in [0.1, 0.15) is 56.2 Å². The third-order valence-electron chi connectivity index (χ3n) is 8.25. The van der Waals surface area contributed by atoms with Gasteiger partial charge in [-0.15, -0.1) is 0 Å². The summed E-state index contributed by atoms with van der Waals surface area (Å²) in [6.07, 6.45) is 0.965. The van der Waals surface area contributed by atoms with Crippen LogP contribution in [0.2, 0.25) is 0 Å². The van der Waals surface area contributed by atoms with Gasteiger partial charge in [-0.2, -0.15) is 0 Å². The van der Waals surface area contributed by atoms with E-state index in [1.165, 1.54) is 30.5 Å². The summed E-state index contributed by atoms with van der Waals surface area (Å²) in [6, 6.07) is 7.35. The summed E-state index contributed by atoms with van der Waals surface area (Å²) in [5.74, 6) is -4.37. The summed E-state index contributed by atoms with van der Waals surface area (Å²) in [7, 11) is 0. The number of halogens is 4. The molecule has 1 saturated heterocycles. The molecule has 0 aliphatic carbocycles. The fourth-order valence-electron chi connectivity index (χ4n) is 5.59. The predicted molar refractivity (Wildman–Crippen MR) is 154 cm³/mol. The maximum absolute atomic E-state index is 15.2. The molecule has 3 aromatic rings. The molecule has 0 radical (unpaired) electrons. The van der Waals surface area contributed by atoms with Gasteiger partial charge < -0.3 is 20.3 Å². The third-order valence-corrected chi connectivity index (χ3v) is 8.25. The second kappa shape index (κ2) is 13.3. The number of hydrogen-bond acceptors (Lipinski definition) is 5. The number of aromatic nitrogens is 1. The fourth-order valence-corrected chi connectivity index (χ4v) is 5.59. The van der Waals surface area contributed by atoms with Crippen LogP contribution in [-0.2, 0) is 16.0 Å². The summed E-state index contributed by atoms with van der Waals surface area (Å²) < 4.78 is 63.2. The third kappa shape index (κ3) is 7.36. The molecule has 8 nitrogen and oxygen atoms in total. The van der Waals surface area contributed by atoms with Crippen LogP contribution in [0, 0.1) is 28.7 Å². The molecule has 2 unspecified atom stereocenters. The molecule has 2 amide bonds. The summed E-state index contributed by atoms with van der Waals surface area (Å²) in [5.41, 5.74) is -0.870. The number of aliphatic hydroxyl groups is 1. The summed E-state index contributed by atoms with van der Waals surface area (Å²) in [6.45, 7) is 5.11. The molecular weight excluding hydrogens is 582 g/mol. The highest BCUT2D eigenvalue weighted by Crippen LogP contribution is 2.42. The number of aliphatic hydroxyl groups excluding tert-OH is 1. The van der Waals surface area contributed by atoms with Crippen LogP contribution in [0.3, 0.4) is 0 Å². The van der Waals surface area contributed by atoms with E-state index in [-0.39, 0.29) is 49.2 Å². The Morgan fingerprint density at radius 2 is 1.70 bits per heavy atom. The number of pyridine rings is 1. The summed E-state index contributed by atoms with van der Waals surface area (Å²) >= 11 is 0. The quantitative estimate of drug-likeness (QED) is 0.259. The second-order valence-electron chi connectivity index (χ2n) is 12.0. The van der Waals surface area contributed by atoms with E-state index in [4.69, 9.17) is 4.74 Å². The molecule has 1 aliphatic rings. The van der Waals surface area contributed by atoms with Crippen molar-refractivity contribution in [2.75, 3.05) is 25.1 Å². The van der Waals surface area contributed by atoms with Gasteiger partial charge in [-0.05, 0) is 53.6 Å². The average molecular weight is 618 g/mol. The number of anilines is 1. The maximum Gasteiger partial charge on any atom is 0.407 e. The molecule has 3 N–H and O–H groups in total. The van der Waals surface area contributed by atoms with Gasteiger partial charge in [0.25, 0.3) is 0 Å². The Balaban J connectivity index is 1.59. The molecule has 1 aliphatic heterocycles. The first kappa shape index (κ1) is 32.9. The first-order chi connectivity index (χ1) is 20.7. The zero-order valence-corrected chi connectivity index (χ0v) is 24.6. The molecule has 236 valence electrons. The van der Waals surface area contributed by atoms with Crippen molar-refractivity contribution in [3.05, 3.63) is 94.8 Å². The largest absolute Gasteiger partial charge is 0.465 e. The van der Waals surface area contributed by atoms with E-state index in [1.807, 2.05) is 20.8 Å². The van der Waals surface area contributed by atoms with Gasteiger partial charge in [0.05, 0.1) is 49.5 Å². The highest BCUT2D eigenvalue weighted by molar-refractivity contribution is 5.92. The van der Waals surface area contributed by atoms with Gasteiger partial charge in [0.15, 0.2) is 0 Å². The smallest absolute Gasteiger partial charge is 0.407 e. The number of nitrogens with zero attached hydrogens (tertiary/aromatic N) is 2.